The van der Waals surface area contributed by atoms with Crippen LogP contribution in [0.5, 0.6) is 5.75 Å². The standard InChI is InChI=1S/C16H23ClN2O2.ClH/c1-11(21-14-7-5-13(17)6-8-14)10-19-16(20)15-4-2-3-12(15)9-18;/h5-8,11-12,15H,2-4,9-10,18H2,1H3,(H,19,20);1H/t11?,12-,15-;/m1./s1. The second kappa shape index (κ2) is 9.23. The van der Waals surface area contributed by atoms with Gasteiger partial charge in [-0.1, -0.05) is 18.0 Å². The van der Waals surface area contributed by atoms with Crippen LogP contribution in [0, 0.1) is 11.8 Å². The molecule has 1 aromatic carbocycles. The Morgan fingerprint density at radius 3 is 2.73 bits per heavy atom. The highest BCUT2D eigenvalue weighted by molar-refractivity contribution is 6.30. The van der Waals surface area contributed by atoms with E-state index in [1.165, 1.54) is 0 Å². The summed E-state index contributed by atoms with van der Waals surface area (Å²) in [5.74, 6) is 1.26. The number of nitrogens with two attached hydrogens (primary N) is 1. The summed E-state index contributed by atoms with van der Waals surface area (Å²) in [6.45, 7) is 3.02. The third-order valence-electron chi connectivity index (χ3n) is 4.01. The Labute approximate surface area is 143 Å². The maximum Gasteiger partial charge on any atom is 0.223 e. The van der Waals surface area contributed by atoms with Crippen LogP contribution in [0.1, 0.15) is 26.2 Å². The molecule has 1 aliphatic carbocycles. The maximum absolute atomic E-state index is 12.2. The molecule has 0 aromatic heterocycles. The Bertz CT molecular complexity index is 468. The quantitative estimate of drug-likeness (QED) is 0.831. The van der Waals surface area contributed by atoms with Gasteiger partial charge in [-0.15, -0.1) is 12.4 Å². The lowest BCUT2D eigenvalue weighted by Gasteiger charge is -2.20. The molecule has 6 heteroatoms. The smallest absolute Gasteiger partial charge is 0.223 e. The summed E-state index contributed by atoms with van der Waals surface area (Å²) in [6.07, 6.45) is 3.01. The second-order valence-corrected chi connectivity index (χ2v) is 6.10. The topological polar surface area (TPSA) is 64.4 Å². The number of amides is 1. The average Bonchev–Trinajstić information content (AvgIpc) is 2.96. The summed E-state index contributed by atoms with van der Waals surface area (Å²) in [6, 6.07) is 7.21. The van der Waals surface area contributed by atoms with Gasteiger partial charge in [0.15, 0.2) is 0 Å². The molecule has 0 bridgehead atoms. The SMILES string of the molecule is CC(CNC(=O)[C@@H]1CCC[C@@H]1CN)Oc1ccc(Cl)cc1.Cl. The highest BCUT2D eigenvalue weighted by Crippen LogP contribution is 2.30. The van der Waals surface area contributed by atoms with E-state index in [-0.39, 0.29) is 30.3 Å². The van der Waals surface area contributed by atoms with Gasteiger partial charge in [0.2, 0.25) is 5.91 Å². The van der Waals surface area contributed by atoms with Gasteiger partial charge in [0.05, 0.1) is 6.54 Å². The highest BCUT2D eigenvalue weighted by atomic mass is 35.5. The van der Waals surface area contributed by atoms with E-state index in [1.807, 2.05) is 19.1 Å². The van der Waals surface area contributed by atoms with Crippen LogP contribution in [-0.4, -0.2) is 25.1 Å². The number of carbonyl (C=O) groups is 1. The van der Waals surface area contributed by atoms with Gasteiger partial charge in [-0.3, -0.25) is 4.79 Å². The van der Waals surface area contributed by atoms with E-state index in [2.05, 4.69) is 5.32 Å². The molecule has 2 rings (SSSR count). The predicted molar refractivity (Wildman–Crippen MR) is 91.7 cm³/mol. The minimum atomic E-state index is -0.0899. The molecule has 1 fully saturated rings. The first-order valence-electron chi connectivity index (χ1n) is 7.50. The number of rotatable bonds is 6. The van der Waals surface area contributed by atoms with Crippen molar-refractivity contribution < 1.29 is 9.53 Å². The van der Waals surface area contributed by atoms with Gasteiger partial charge in [-0.05, 0) is 56.5 Å². The minimum Gasteiger partial charge on any atom is -0.489 e. The average molecular weight is 347 g/mol. The van der Waals surface area contributed by atoms with Crippen molar-refractivity contribution in [2.24, 2.45) is 17.6 Å². The molecule has 124 valence electrons. The van der Waals surface area contributed by atoms with E-state index in [0.29, 0.717) is 24.0 Å². The number of nitrogens with one attached hydrogen (secondary N) is 1. The molecule has 1 unspecified atom stereocenters. The third-order valence-corrected chi connectivity index (χ3v) is 4.27. The molecular formula is C16H24Cl2N2O2. The molecule has 3 atom stereocenters. The first-order valence-corrected chi connectivity index (χ1v) is 7.88. The maximum atomic E-state index is 12.2. The summed E-state index contributed by atoms with van der Waals surface area (Å²) < 4.78 is 5.74. The zero-order chi connectivity index (χ0) is 15.2. The molecule has 0 spiro atoms. The van der Waals surface area contributed by atoms with E-state index >= 15 is 0 Å². The van der Waals surface area contributed by atoms with E-state index < -0.39 is 0 Å². The number of hydrogen-bond donors (Lipinski definition) is 2. The molecule has 3 N–H and O–H groups in total. The van der Waals surface area contributed by atoms with Crippen molar-refractivity contribution in [1.29, 1.82) is 0 Å². The number of benzene rings is 1. The zero-order valence-electron chi connectivity index (χ0n) is 12.8. The van der Waals surface area contributed by atoms with Gasteiger partial charge in [0, 0.05) is 10.9 Å². The largest absolute Gasteiger partial charge is 0.489 e. The molecule has 1 saturated carbocycles. The fourth-order valence-corrected chi connectivity index (χ4v) is 2.95. The van der Waals surface area contributed by atoms with Crippen LogP contribution >= 0.6 is 24.0 Å². The van der Waals surface area contributed by atoms with Crippen molar-refractivity contribution >= 4 is 29.9 Å². The number of carbonyl (C=O) groups excluding carboxylic acids is 1. The molecule has 22 heavy (non-hydrogen) atoms. The van der Waals surface area contributed by atoms with Crippen LogP contribution in [0.25, 0.3) is 0 Å². The molecule has 0 radical (unpaired) electrons. The molecule has 0 aliphatic heterocycles. The van der Waals surface area contributed by atoms with Crippen LogP contribution in [0.15, 0.2) is 24.3 Å². The second-order valence-electron chi connectivity index (χ2n) is 5.66. The van der Waals surface area contributed by atoms with E-state index in [4.69, 9.17) is 22.1 Å². The summed E-state index contributed by atoms with van der Waals surface area (Å²) in [5, 5.41) is 3.65. The van der Waals surface area contributed by atoms with Crippen molar-refractivity contribution in [3.63, 3.8) is 0 Å². The monoisotopic (exact) mass is 346 g/mol. The van der Waals surface area contributed by atoms with Gasteiger partial charge in [0.25, 0.3) is 0 Å². The molecule has 1 amide bonds. The highest BCUT2D eigenvalue weighted by Gasteiger charge is 2.31. The van der Waals surface area contributed by atoms with Gasteiger partial charge >= 0.3 is 0 Å². The van der Waals surface area contributed by atoms with Crippen LogP contribution in [0.3, 0.4) is 0 Å². The van der Waals surface area contributed by atoms with Crippen LogP contribution in [0.2, 0.25) is 5.02 Å². The van der Waals surface area contributed by atoms with Gasteiger partial charge in [0.1, 0.15) is 11.9 Å². The molecular weight excluding hydrogens is 323 g/mol. The van der Waals surface area contributed by atoms with Crippen molar-refractivity contribution in [3.05, 3.63) is 29.3 Å². The summed E-state index contributed by atoms with van der Waals surface area (Å²) >= 11 is 5.83. The third kappa shape index (κ3) is 5.34. The van der Waals surface area contributed by atoms with Crippen molar-refractivity contribution in [1.82, 2.24) is 5.32 Å². The molecule has 1 aromatic rings. The lowest BCUT2D eigenvalue weighted by Crippen LogP contribution is -2.39. The van der Waals surface area contributed by atoms with Crippen LogP contribution in [0.4, 0.5) is 0 Å². The van der Waals surface area contributed by atoms with E-state index in [0.717, 1.165) is 25.0 Å². The first kappa shape index (κ1) is 19.1. The van der Waals surface area contributed by atoms with Crippen LogP contribution in [-0.2, 0) is 4.79 Å². The van der Waals surface area contributed by atoms with Crippen LogP contribution < -0.4 is 15.8 Å². The van der Waals surface area contributed by atoms with Gasteiger partial charge < -0.3 is 15.8 Å². The van der Waals surface area contributed by atoms with Crippen molar-refractivity contribution in [2.75, 3.05) is 13.1 Å². The summed E-state index contributed by atoms with van der Waals surface area (Å²) in [4.78, 5) is 12.2. The minimum absolute atomic E-state index is 0. The lowest BCUT2D eigenvalue weighted by atomic mass is 9.95. The Hall–Kier alpha value is -0.970. The zero-order valence-corrected chi connectivity index (χ0v) is 14.3. The Morgan fingerprint density at radius 1 is 1.41 bits per heavy atom. The lowest BCUT2D eigenvalue weighted by molar-refractivity contribution is -0.126. The number of halogens is 2. The molecule has 0 heterocycles. The normalized spacial score (nSPS) is 21.8. The Balaban J connectivity index is 0.00000242. The summed E-state index contributed by atoms with van der Waals surface area (Å²) in [5.41, 5.74) is 5.72. The fourth-order valence-electron chi connectivity index (χ4n) is 2.83. The number of ether oxygens (including phenoxy) is 1. The van der Waals surface area contributed by atoms with Gasteiger partial charge in [-0.25, -0.2) is 0 Å². The molecule has 4 nitrogen and oxygen atoms in total. The Morgan fingerprint density at radius 2 is 2.09 bits per heavy atom. The molecule has 0 saturated heterocycles. The Kier molecular flexibility index (Phi) is 8.01. The predicted octanol–water partition coefficient (Wildman–Crippen LogP) is 3.02. The van der Waals surface area contributed by atoms with Crippen molar-refractivity contribution in [2.45, 2.75) is 32.3 Å². The summed E-state index contributed by atoms with van der Waals surface area (Å²) in [7, 11) is 0. The fraction of sp³-hybridized carbons (Fsp3) is 0.562. The number of hydrogen-bond acceptors (Lipinski definition) is 3. The first-order chi connectivity index (χ1) is 10.1. The van der Waals surface area contributed by atoms with E-state index in [9.17, 15) is 4.79 Å². The molecule has 1 aliphatic rings. The van der Waals surface area contributed by atoms with Gasteiger partial charge in [-0.2, -0.15) is 0 Å². The van der Waals surface area contributed by atoms with Crippen molar-refractivity contribution in [3.8, 4) is 5.75 Å². The van der Waals surface area contributed by atoms with E-state index in [1.54, 1.807) is 12.1 Å².